The van der Waals surface area contributed by atoms with E-state index in [1.54, 1.807) is 19.1 Å². The van der Waals surface area contributed by atoms with Crippen LogP contribution in [0.4, 0.5) is 4.39 Å². The van der Waals surface area contributed by atoms with Gasteiger partial charge in [0.1, 0.15) is 18.2 Å². The van der Waals surface area contributed by atoms with E-state index in [4.69, 9.17) is 4.74 Å². The van der Waals surface area contributed by atoms with Crippen molar-refractivity contribution in [3.63, 3.8) is 0 Å². The number of hydrogen-bond acceptors (Lipinski definition) is 4. The van der Waals surface area contributed by atoms with Crippen LogP contribution < -0.4 is 15.4 Å². The van der Waals surface area contributed by atoms with Gasteiger partial charge in [-0.3, -0.25) is 0 Å². The maximum Gasteiger partial charge on any atom is 0.124 e. The summed E-state index contributed by atoms with van der Waals surface area (Å²) in [4.78, 5) is 0. The standard InChI is InChI=1S/C23H27FN2O2.ClH/c1-17(27)14-25-12-13-26-15-22-21-5-3-2-4-19(21)8-11-23(22)28-16-18-6-9-20(24)10-7-18;/h2-11,17,25-27H,12-16H2,1H3;1H. The van der Waals surface area contributed by atoms with Crippen molar-refractivity contribution in [1.82, 2.24) is 10.6 Å². The van der Waals surface area contributed by atoms with Gasteiger partial charge in [0.15, 0.2) is 0 Å². The zero-order chi connectivity index (χ0) is 19.8. The molecule has 0 fully saturated rings. The molecule has 0 heterocycles. The molecule has 1 unspecified atom stereocenters. The van der Waals surface area contributed by atoms with Gasteiger partial charge in [0, 0.05) is 31.7 Å². The highest BCUT2D eigenvalue weighted by Gasteiger charge is 2.09. The third-order valence-corrected chi connectivity index (χ3v) is 4.53. The highest BCUT2D eigenvalue weighted by Crippen LogP contribution is 2.28. The van der Waals surface area contributed by atoms with Crippen molar-refractivity contribution in [1.29, 1.82) is 0 Å². The number of halogens is 2. The van der Waals surface area contributed by atoms with Gasteiger partial charge in [-0.05, 0) is 41.5 Å². The molecule has 156 valence electrons. The third-order valence-electron chi connectivity index (χ3n) is 4.53. The van der Waals surface area contributed by atoms with E-state index in [1.807, 2.05) is 18.2 Å². The summed E-state index contributed by atoms with van der Waals surface area (Å²) in [5.41, 5.74) is 2.03. The Bertz CT molecular complexity index is 888. The summed E-state index contributed by atoms with van der Waals surface area (Å²) in [6, 6.07) is 18.7. The number of benzene rings is 3. The molecule has 3 aromatic carbocycles. The molecule has 0 aliphatic carbocycles. The Morgan fingerprint density at radius 1 is 0.966 bits per heavy atom. The molecule has 3 aromatic rings. The van der Waals surface area contributed by atoms with Crippen LogP contribution in [-0.4, -0.2) is 30.8 Å². The minimum atomic E-state index is -0.343. The first-order chi connectivity index (χ1) is 13.6. The first-order valence-corrected chi connectivity index (χ1v) is 9.61. The second-order valence-corrected chi connectivity index (χ2v) is 6.91. The Morgan fingerprint density at radius 3 is 2.45 bits per heavy atom. The number of nitrogens with one attached hydrogen (secondary N) is 2. The van der Waals surface area contributed by atoms with Crippen LogP contribution in [-0.2, 0) is 13.2 Å². The van der Waals surface area contributed by atoms with Crippen molar-refractivity contribution in [2.75, 3.05) is 19.6 Å². The number of fused-ring (bicyclic) bond motifs is 1. The van der Waals surface area contributed by atoms with Gasteiger partial charge in [-0.25, -0.2) is 4.39 Å². The van der Waals surface area contributed by atoms with Crippen LogP contribution in [0.1, 0.15) is 18.1 Å². The van der Waals surface area contributed by atoms with Crippen LogP contribution in [0.25, 0.3) is 10.8 Å². The molecule has 0 saturated carbocycles. The molecule has 0 radical (unpaired) electrons. The van der Waals surface area contributed by atoms with Gasteiger partial charge in [-0.2, -0.15) is 0 Å². The smallest absolute Gasteiger partial charge is 0.124 e. The Kier molecular flexibility index (Phi) is 9.35. The molecule has 4 nitrogen and oxygen atoms in total. The van der Waals surface area contributed by atoms with Crippen molar-refractivity contribution in [3.8, 4) is 5.75 Å². The van der Waals surface area contributed by atoms with E-state index in [-0.39, 0.29) is 24.3 Å². The normalized spacial score (nSPS) is 11.8. The molecular weight excluding hydrogens is 391 g/mol. The van der Waals surface area contributed by atoms with Crippen LogP contribution in [0.5, 0.6) is 5.75 Å². The van der Waals surface area contributed by atoms with E-state index >= 15 is 0 Å². The van der Waals surface area contributed by atoms with Crippen LogP contribution in [0.2, 0.25) is 0 Å². The van der Waals surface area contributed by atoms with Crippen molar-refractivity contribution in [2.45, 2.75) is 26.2 Å². The first-order valence-electron chi connectivity index (χ1n) is 9.61. The molecule has 0 amide bonds. The van der Waals surface area contributed by atoms with E-state index in [2.05, 4.69) is 28.8 Å². The van der Waals surface area contributed by atoms with Crippen molar-refractivity contribution < 1.29 is 14.2 Å². The molecule has 1 atom stereocenters. The Labute approximate surface area is 177 Å². The van der Waals surface area contributed by atoms with E-state index in [9.17, 15) is 9.50 Å². The lowest BCUT2D eigenvalue weighted by Crippen LogP contribution is -2.31. The molecule has 0 saturated heterocycles. The number of aliphatic hydroxyl groups excluding tert-OH is 1. The van der Waals surface area contributed by atoms with Crippen molar-refractivity contribution in [3.05, 3.63) is 77.6 Å². The number of ether oxygens (including phenoxy) is 1. The largest absolute Gasteiger partial charge is 0.489 e. The lowest BCUT2D eigenvalue weighted by atomic mass is 10.0. The number of hydrogen-bond donors (Lipinski definition) is 3. The van der Waals surface area contributed by atoms with Gasteiger partial charge in [-0.15, -0.1) is 12.4 Å². The fourth-order valence-corrected chi connectivity index (χ4v) is 3.08. The predicted octanol–water partition coefficient (Wildman–Crippen LogP) is 4.04. The monoisotopic (exact) mass is 418 g/mol. The second kappa shape index (κ2) is 11.7. The highest BCUT2D eigenvalue weighted by molar-refractivity contribution is 5.87. The van der Waals surface area contributed by atoms with Crippen LogP contribution in [0, 0.1) is 5.82 Å². The van der Waals surface area contributed by atoms with Crippen LogP contribution in [0.15, 0.2) is 60.7 Å². The summed E-state index contributed by atoms with van der Waals surface area (Å²) >= 11 is 0. The van der Waals surface area contributed by atoms with E-state index < -0.39 is 0 Å². The Balaban J connectivity index is 0.00000300. The SMILES string of the molecule is CC(O)CNCCNCc1c(OCc2ccc(F)cc2)ccc2ccccc12.Cl. The zero-order valence-electron chi connectivity index (χ0n) is 16.5. The fraction of sp³-hybridized carbons (Fsp3) is 0.304. The quantitative estimate of drug-likeness (QED) is 0.435. The molecule has 0 aromatic heterocycles. The van der Waals surface area contributed by atoms with Crippen molar-refractivity contribution in [2.24, 2.45) is 0 Å². The van der Waals surface area contributed by atoms with Gasteiger partial charge < -0.3 is 20.5 Å². The minimum absolute atomic E-state index is 0. The summed E-state index contributed by atoms with van der Waals surface area (Å²) in [6.45, 7) is 4.98. The first kappa shape index (κ1) is 23.1. The lowest BCUT2D eigenvalue weighted by molar-refractivity contribution is 0.191. The van der Waals surface area contributed by atoms with Crippen LogP contribution in [0.3, 0.4) is 0 Å². The molecular formula is C23H28ClFN2O2. The Morgan fingerprint density at radius 2 is 1.69 bits per heavy atom. The van der Waals surface area contributed by atoms with E-state index in [0.717, 1.165) is 35.4 Å². The van der Waals surface area contributed by atoms with Crippen LogP contribution >= 0.6 is 12.4 Å². The molecule has 0 aliphatic heterocycles. The molecule has 3 N–H and O–H groups in total. The van der Waals surface area contributed by atoms with Crippen molar-refractivity contribution >= 4 is 23.2 Å². The summed E-state index contributed by atoms with van der Waals surface area (Å²) in [7, 11) is 0. The third kappa shape index (κ3) is 6.98. The lowest BCUT2D eigenvalue weighted by Gasteiger charge is -2.15. The molecule has 29 heavy (non-hydrogen) atoms. The summed E-state index contributed by atoms with van der Waals surface area (Å²) < 4.78 is 19.2. The average Bonchev–Trinajstić information content (AvgIpc) is 2.70. The van der Waals surface area contributed by atoms with Gasteiger partial charge in [0.05, 0.1) is 6.10 Å². The minimum Gasteiger partial charge on any atom is -0.489 e. The summed E-state index contributed by atoms with van der Waals surface area (Å²) in [6.07, 6.45) is -0.343. The fourth-order valence-electron chi connectivity index (χ4n) is 3.08. The molecule has 0 spiro atoms. The van der Waals surface area contributed by atoms with E-state index in [1.165, 1.54) is 17.5 Å². The number of rotatable bonds is 10. The Hall–Kier alpha value is -2.18. The maximum atomic E-state index is 13.1. The summed E-state index contributed by atoms with van der Waals surface area (Å²) in [5, 5.41) is 18.3. The van der Waals surface area contributed by atoms with Gasteiger partial charge in [0.2, 0.25) is 0 Å². The van der Waals surface area contributed by atoms with Gasteiger partial charge >= 0.3 is 0 Å². The topological polar surface area (TPSA) is 53.5 Å². The summed E-state index contributed by atoms with van der Waals surface area (Å²) in [5.74, 6) is 0.580. The predicted molar refractivity (Wildman–Crippen MR) is 118 cm³/mol. The van der Waals surface area contributed by atoms with E-state index in [0.29, 0.717) is 19.7 Å². The molecule has 3 rings (SSSR count). The highest BCUT2D eigenvalue weighted by atomic mass is 35.5. The second-order valence-electron chi connectivity index (χ2n) is 6.91. The average molecular weight is 419 g/mol. The van der Waals surface area contributed by atoms with Gasteiger partial charge in [0.25, 0.3) is 0 Å². The molecule has 0 aliphatic rings. The molecule has 6 heteroatoms. The molecule has 0 bridgehead atoms. The maximum absolute atomic E-state index is 13.1. The zero-order valence-corrected chi connectivity index (χ0v) is 17.3. The number of aliphatic hydroxyl groups is 1. The van der Waals surface area contributed by atoms with Gasteiger partial charge in [-0.1, -0.05) is 42.5 Å².